The summed E-state index contributed by atoms with van der Waals surface area (Å²) in [5.41, 5.74) is 2.50. The predicted octanol–water partition coefficient (Wildman–Crippen LogP) is 3.38. The van der Waals surface area contributed by atoms with Gasteiger partial charge in [0.2, 0.25) is 0 Å². The van der Waals surface area contributed by atoms with E-state index in [-0.39, 0.29) is 12.5 Å². The third-order valence-corrected chi connectivity index (χ3v) is 4.71. The van der Waals surface area contributed by atoms with E-state index in [1.807, 2.05) is 13.8 Å². The molecule has 138 valence electrons. The van der Waals surface area contributed by atoms with Crippen LogP contribution in [-0.2, 0) is 9.53 Å². The van der Waals surface area contributed by atoms with E-state index >= 15 is 0 Å². The number of thioether (sulfide) groups is 1. The van der Waals surface area contributed by atoms with Crippen LogP contribution in [0, 0.1) is 13.8 Å². The molecule has 5 nitrogen and oxygen atoms in total. The number of ether oxygens (including phenoxy) is 2. The number of aryl methyl sites for hydroxylation is 2. The highest BCUT2D eigenvalue weighted by atomic mass is 32.2. The molecule has 0 radical (unpaired) electrons. The van der Waals surface area contributed by atoms with Crippen molar-refractivity contribution in [1.29, 1.82) is 0 Å². The van der Waals surface area contributed by atoms with Gasteiger partial charge in [-0.05, 0) is 43.7 Å². The van der Waals surface area contributed by atoms with Crippen LogP contribution in [0.5, 0.6) is 5.75 Å². The van der Waals surface area contributed by atoms with Crippen molar-refractivity contribution in [2.75, 3.05) is 26.0 Å². The second-order valence-electron chi connectivity index (χ2n) is 5.77. The van der Waals surface area contributed by atoms with E-state index in [9.17, 15) is 9.59 Å². The van der Waals surface area contributed by atoms with Gasteiger partial charge in [0.25, 0.3) is 5.91 Å². The summed E-state index contributed by atoms with van der Waals surface area (Å²) in [5.74, 6) is 0.490. The van der Waals surface area contributed by atoms with Gasteiger partial charge >= 0.3 is 5.97 Å². The maximum Gasteiger partial charge on any atom is 0.338 e. The molecule has 0 atom stereocenters. The first-order valence-electron chi connectivity index (χ1n) is 8.27. The van der Waals surface area contributed by atoms with Crippen molar-refractivity contribution in [3.63, 3.8) is 0 Å². The van der Waals surface area contributed by atoms with Gasteiger partial charge in [0, 0.05) is 17.2 Å². The highest BCUT2D eigenvalue weighted by Gasteiger charge is 2.12. The van der Waals surface area contributed by atoms with Crippen molar-refractivity contribution in [2.45, 2.75) is 18.7 Å². The SMILES string of the molecule is COc1cc(C(=O)OCC(=O)NCCSc2ccc(C)cc2)ccc1C. The molecule has 6 heteroatoms. The lowest BCUT2D eigenvalue weighted by Gasteiger charge is -2.09. The maximum absolute atomic E-state index is 12.0. The average molecular weight is 373 g/mol. The second-order valence-corrected chi connectivity index (χ2v) is 6.94. The Hall–Kier alpha value is -2.47. The quantitative estimate of drug-likeness (QED) is 0.437. The van der Waals surface area contributed by atoms with Crippen molar-refractivity contribution in [2.24, 2.45) is 0 Å². The summed E-state index contributed by atoms with van der Waals surface area (Å²) in [4.78, 5) is 25.0. The van der Waals surface area contributed by atoms with E-state index in [1.54, 1.807) is 37.1 Å². The van der Waals surface area contributed by atoms with Crippen LogP contribution >= 0.6 is 11.8 Å². The molecule has 0 aliphatic rings. The Morgan fingerprint density at radius 1 is 1.08 bits per heavy atom. The fourth-order valence-corrected chi connectivity index (χ4v) is 2.97. The standard InChI is InChI=1S/C20H23NO4S/c1-14-4-8-17(9-5-14)26-11-10-21-19(22)13-25-20(23)16-7-6-15(2)18(12-16)24-3/h4-9,12H,10-11,13H2,1-3H3,(H,21,22). The van der Waals surface area contributed by atoms with E-state index in [0.717, 1.165) is 16.2 Å². The minimum atomic E-state index is -0.549. The zero-order valence-electron chi connectivity index (χ0n) is 15.2. The van der Waals surface area contributed by atoms with Crippen molar-refractivity contribution in [1.82, 2.24) is 5.32 Å². The number of nitrogens with one attached hydrogen (secondary N) is 1. The fraction of sp³-hybridized carbons (Fsp3) is 0.300. The van der Waals surface area contributed by atoms with Crippen molar-refractivity contribution in [3.8, 4) is 5.75 Å². The van der Waals surface area contributed by atoms with Crippen molar-refractivity contribution < 1.29 is 19.1 Å². The maximum atomic E-state index is 12.0. The highest BCUT2D eigenvalue weighted by molar-refractivity contribution is 7.99. The molecule has 0 spiro atoms. The van der Waals surface area contributed by atoms with Crippen LogP contribution in [0.25, 0.3) is 0 Å². The van der Waals surface area contributed by atoms with Crippen molar-refractivity contribution >= 4 is 23.6 Å². The molecule has 0 heterocycles. The lowest BCUT2D eigenvalue weighted by atomic mass is 10.1. The zero-order valence-corrected chi connectivity index (χ0v) is 16.0. The molecule has 2 aromatic rings. The van der Waals surface area contributed by atoms with Gasteiger partial charge in [-0.25, -0.2) is 4.79 Å². The molecule has 0 aliphatic carbocycles. The van der Waals surface area contributed by atoms with E-state index in [4.69, 9.17) is 9.47 Å². The number of hydrogen-bond acceptors (Lipinski definition) is 5. The minimum absolute atomic E-state index is 0.301. The molecule has 0 unspecified atom stereocenters. The summed E-state index contributed by atoms with van der Waals surface area (Å²) in [6.07, 6.45) is 0. The van der Waals surface area contributed by atoms with Crippen LogP contribution in [0.1, 0.15) is 21.5 Å². The third kappa shape index (κ3) is 6.11. The second kappa shape index (κ2) is 9.87. The van der Waals surface area contributed by atoms with Gasteiger partial charge in [-0.3, -0.25) is 4.79 Å². The minimum Gasteiger partial charge on any atom is -0.496 e. The van der Waals surface area contributed by atoms with Gasteiger partial charge in [0.15, 0.2) is 6.61 Å². The van der Waals surface area contributed by atoms with Crippen LogP contribution in [-0.4, -0.2) is 37.9 Å². The topological polar surface area (TPSA) is 64.6 Å². The van der Waals surface area contributed by atoms with Gasteiger partial charge in [0.1, 0.15) is 5.75 Å². The molecular formula is C20H23NO4S. The summed E-state index contributed by atoms with van der Waals surface area (Å²) in [6.45, 7) is 4.14. The first-order valence-corrected chi connectivity index (χ1v) is 9.26. The van der Waals surface area contributed by atoms with Gasteiger partial charge in [-0.2, -0.15) is 0 Å². The average Bonchev–Trinajstić information content (AvgIpc) is 2.65. The summed E-state index contributed by atoms with van der Waals surface area (Å²) in [5, 5.41) is 2.74. The van der Waals surface area contributed by atoms with E-state index < -0.39 is 5.97 Å². The number of benzene rings is 2. The van der Waals surface area contributed by atoms with Gasteiger partial charge < -0.3 is 14.8 Å². The first-order chi connectivity index (χ1) is 12.5. The number of esters is 1. The lowest BCUT2D eigenvalue weighted by molar-refractivity contribution is -0.124. The number of carbonyl (C=O) groups is 2. The van der Waals surface area contributed by atoms with Gasteiger partial charge in [-0.15, -0.1) is 11.8 Å². The molecule has 0 bridgehead atoms. The molecule has 26 heavy (non-hydrogen) atoms. The number of hydrogen-bond donors (Lipinski definition) is 1. The Kier molecular flexibility index (Phi) is 7.53. The Labute approximate surface area is 158 Å². The molecule has 0 aliphatic heterocycles. The highest BCUT2D eigenvalue weighted by Crippen LogP contribution is 2.19. The fourth-order valence-electron chi connectivity index (χ4n) is 2.21. The molecule has 0 fully saturated rings. The van der Waals surface area contributed by atoms with Crippen LogP contribution in [0.2, 0.25) is 0 Å². The Morgan fingerprint density at radius 2 is 1.81 bits per heavy atom. The Bertz CT molecular complexity index is 759. The van der Waals surface area contributed by atoms with E-state index in [2.05, 4.69) is 29.6 Å². The van der Waals surface area contributed by atoms with Crippen LogP contribution in [0.15, 0.2) is 47.4 Å². The Morgan fingerprint density at radius 3 is 2.50 bits per heavy atom. The lowest BCUT2D eigenvalue weighted by Crippen LogP contribution is -2.30. The number of amides is 1. The molecule has 0 aromatic heterocycles. The summed E-state index contributed by atoms with van der Waals surface area (Å²) >= 11 is 1.66. The number of carbonyl (C=O) groups excluding carboxylic acids is 2. The predicted molar refractivity (Wildman–Crippen MR) is 103 cm³/mol. The Balaban J connectivity index is 1.69. The summed E-state index contributed by atoms with van der Waals surface area (Å²) in [6, 6.07) is 13.3. The molecular weight excluding hydrogens is 350 g/mol. The zero-order chi connectivity index (χ0) is 18.9. The normalized spacial score (nSPS) is 10.3. The van der Waals surface area contributed by atoms with Gasteiger partial charge in [0.05, 0.1) is 12.7 Å². The van der Waals surface area contributed by atoms with E-state index in [1.165, 1.54) is 5.56 Å². The third-order valence-electron chi connectivity index (χ3n) is 3.69. The molecule has 0 saturated carbocycles. The van der Waals surface area contributed by atoms with Gasteiger partial charge in [-0.1, -0.05) is 23.8 Å². The largest absolute Gasteiger partial charge is 0.496 e. The summed E-state index contributed by atoms with van der Waals surface area (Å²) < 4.78 is 10.2. The van der Waals surface area contributed by atoms with Crippen LogP contribution < -0.4 is 10.1 Å². The first kappa shape index (κ1) is 19.8. The molecule has 2 rings (SSSR count). The number of rotatable bonds is 8. The monoisotopic (exact) mass is 373 g/mol. The van der Waals surface area contributed by atoms with E-state index in [0.29, 0.717) is 17.9 Å². The summed E-state index contributed by atoms with van der Waals surface area (Å²) in [7, 11) is 1.54. The molecule has 2 aromatic carbocycles. The van der Waals surface area contributed by atoms with Crippen LogP contribution in [0.3, 0.4) is 0 Å². The molecule has 1 N–H and O–H groups in total. The van der Waals surface area contributed by atoms with Crippen molar-refractivity contribution in [3.05, 3.63) is 59.2 Å². The smallest absolute Gasteiger partial charge is 0.338 e. The molecule has 1 amide bonds. The molecule has 0 saturated heterocycles. The number of methoxy groups -OCH3 is 1. The van der Waals surface area contributed by atoms with Crippen LogP contribution in [0.4, 0.5) is 0 Å².